The van der Waals surface area contributed by atoms with Crippen molar-refractivity contribution in [2.24, 2.45) is 5.92 Å². The van der Waals surface area contributed by atoms with Crippen LogP contribution in [0.3, 0.4) is 0 Å². The van der Waals surface area contributed by atoms with Crippen molar-refractivity contribution in [1.82, 2.24) is 4.90 Å². The fraction of sp³-hybridized carbons (Fsp3) is 0.375. The normalized spacial score (nSPS) is 14.4. The predicted octanol–water partition coefficient (Wildman–Crippen LogP) is 2.80. The Morgan fingerprint density at radius 1 is 1.43 bits per heavy atom. The summed E-state index contributed by atoms with van der Waals surface area (Å²) in [6, 6.07) is 4.04. The lowest BCUT2D eigenvalue weighted by Gasteiger charge is -2.21. The van der Waals surface area contributed by atoms with Gasteiger partial charge in [0.1, 0.15) is 5.82 Å². The highest BCUT2D eigenvalue weighted by Crippen LogP contribution is 2.30. The lowest BCUT2D eigenvalue weighted by atomic mass is 10.1. The fourth-order valence-corrected chi connectivity index (χ4v) is 2.12. The second kappa shape index (κ2) is 6.52. The highest BCUT2D eigenvalue weighted by molar-refractivity contribution is 5.95. The molecule has 0 aliphatic heterocycles. The van der Waals surface area contributed by atoms with Gasteiger partial charge in [0.05, 0.1) is 5.56 Å². The van der Waals surface area contributed by atoms with Crippen LogP contribution in [0.25, 0.3) is 6.08 Å². The summed E-state index contributed by atoms with van der Waals surface area (Å²) in [5.74, 6) is -1.47. The first-order valence-corrected chi connectivity index (χ1v) is 7.01. The number of carbonyl (C=O) groups excluding carboxylic acids is 1. The average Bonchev–Trinajstić information content (AvgIpc) is 3.27. The second-order valence-electron chi connectivity index (χ2n) is 5.20. The van der Waals surface area contributed by atoms with E-state index in [1.165, 1.54) is 24.3 Å². The van der Waals surface area contributed by atoms with Gasteiger partial charge in [-0.3, -0.25) is 4.79 Å². The van der Waals surface area contributed by atoms with Gasteiger partial charge in [0.15, 0.2) is 0 Å². The van der Waals surface area contributed by atoms with Gasteiger partial charge in [-0.25, -0.2) is 9.18 Å². The van der Waals surface area contributed by atoms with Crippen molar-refractivity contribution in [2.45, 2.75) is 19.8 Å². The molecule has 1 aromatic carbocycles. The number of carboxylic acid groups (broad SMARTS) is 1. The number of amides is 1. The Labute approximate surface area is 122 Å². The van der Waals surface area contributed by atoms with Crippen molar-refractivity contribution >= 4 is 18.0 Å². The van der Waals surface area contributed by atoms with Crippen LogP contribution in [-0.2, 0) is 4.79 Å². The zero-order valence-electron chi connectivity index (χ0n) is 11.9. The zero-order chi connectivity index (χ0) is 15.4. The maximum atomic E-state index is 13.9. The largest absolute Gasteiger partial charge is 0.478 e. The minimum Gasteiger partial charge on any atom is -0.478 e. The number of hydrogen-bond donors (Lipinski definition) is 1. The van der Waals surface area contributed by atoms with Crippen LogP contribution in [0.2, 0.25) is 0 Å². The number of aliphatic carboxylic acids is 1. The number of carboxylic acids is 1. The van der Waals surface area contributed by atoms with E-state index in [2.05, 4.69) is 0 Å². The van der Waals surface area contributed by atoms with Crippen molar-refractivity contribution in [3.05, 3.63) is 41.2 Å². The smallest absolute Gasteiger partial charge is 0.328 e. The molecule has 0 aromatic heterocycles. The maximum Gasteiger partial charge on any atom is 0.328 e. The summed E-state index contributed by atoms with van der Waals surface area (Å²) in [5.41, 5.74) is 0.481. The van der Waals surface area contributed by atoms with Gasteiger partial charge in [0.2, 0.25) is 0 Å². The highest BCUT2D eigenvalue weighted by Gasteiger charge is 2.27. The third-order valence-corrected chi connectivity index (χ3v) is 3.48. The summed E-state index contributed by atoms with van der Waals surface area (Å²) >= 11 is 0. The van der Waals surface area contributed by atoms with Gasteiger partial charge >= 0.3 is 5.97 Å². The van der Waals surface area contributed by atoms with Gasteiger partial charge in [-0.2, -0.15) is 0 Å². The first-order chi connectivity index (χ1) is 10.0. The monoisotopic (exact) mass is 291 g/mol. The van der Waals surface area contributed by atoms with Crippen LogP contribution in [0.4, 0.5) is 4.39 Å². The molecule has 1 saturated carbocycles. The molecule has 0 atom stereocenters. The topological polar surface area (TPSA) is 57.6 Å². The van der Waals surface area contributed by atoms with E-state index in [4.69, 9.17) is 5.11 Å². The van der Waals surface area contributed by atoms with E-state index in [9.17, 15) is 14.0 Å². The molecule has 0 heterocycles. The summed E-state index contributed by atoms with van der Waals surface area (Å²) in [5, 5.41) is 8.60. The van der Waals surface area contributed by atoms with E-state index in [0.717, 1.165) is 18.9 Å². The number of halogens is 1. The van der Waals surface area contributed by atoms with Crippen LogP contribution >= 0.6 is 0 Å². The quantitative estimate of drug-likeness (QED) is 0.820. The van der Waals surface area contributed by atoms with Gasteiger partial charge < -0.3 is 10.0 Å². The van der Waals surface area contributed by atoms with Crippen molar-refractivity contribution in [2.75, 3.05) is 13.1 Å². The van der Waals surface area contributed by atoms with Crippen LogP contribution < -0.4 is 0 Å². The Morgan fingerprint density at radius 3 is 2.71 bits per heavy atom. The van der Waals surface area contributed by atoms with Crippen LogP contribution in [0.15, 0.2) is 24.3 Å². The van der Waals surface area contributed by atoms with E-state index in [0.29, 0.717) is 24.6 Å². The molecule has 21 heavy (non-hydrogen) atoms. The molecular weight excluding hydrogens is 273 g/mol. The van der Waals surface area contributed by atoms with E-state index in [1.807, 2.05) is 6.92 Å². The minimum absolute atomic E-state index is 0.00922. The summed E-state index contributed by atoms with van der Waals surface area (Å²) in [7, 11) is 0. The predicted molar refractivity (Wildman–Crippen MR) is 77.4 cm³/mol. The molecule has 1 fully saturated rings. The standard InChI is InChI=1S/C16H18FNO3/c1-2-18(10-12-3-4-12)16(21)13-9-11(5-7-14(13)17)6-8-15(19)20/h5-9,12H,2-4,10H2,1H3,(H,19,20). The van der Waals surface area contributed by atoms with E-state index < -0.39 is 11.8 Å². The molecule has 0 spiro atoms. The molecule has 4 nitrogen and oxygen atoms in total. The summed E-state index contributed by atoms with van der Waals surface area (Å²) in [6.07, 6.45) is 4.54. The van der Waals surface area contributed by atoms with Gasteiger partial charge in [0.25, 0.3) is 5.91 Å². The van der Waals surface area contributed by atoms with Gasteiger partial charge in [-0.15, -0.1) is 0 Å². The van der Waals surface area contributed by atoms with Crippen LogP contribution in [0.5, 0.6) is 0 Å². The zero-order valence-corrected chi connectivity index (χ0v) is 11.9. The molecule has 5 heteroatoms. The van der Waals surface area contributed by atoms with E-state index in [1.54, 1.807) is 4.90 Å². The SMILES string of the molecule is CCN(CC1CC1)C(=O)c1cc(C=CC(=O)O)ccc1F. The molecule has 0 saturated heterocycles. The van der Waals surface area contributed by atoms with Crippen molar-refractivity contribution in [1.29, 1.82) is 0 Å². The van der Waals surface area contributed by atoms with Crippen molar-refractivity contribution < 1.29 is 19.1 Å². The Balaban J connectivity index is 2.21. The summed E-state index contributed by atoms with van der Waals surface area (Å²) in [6.45, 7) is 3.06. The molecule has 112 valence electrons. The molecule has 1 aliphatic rings. The Hall–Kier alpha value is -2.17. The summed E-state index contributed by atoms with van der Waals surface area (Å²) < 4.78 is 13.9. The fourth-order valence-electron chi connectivity index (χ4n) is 2.12. The first-order valence-electron chi connectivity index (χ1n) is 7.01. The third-order valence-electron chi connectivity index (χ3n) is 3.48. The second-order valence-corrected chi connectivity index (χ2v) is 5.20. The molecule has 1 aromatic rings. The highest BCUT2D eigenvalue weighted by atomic mass is 19.1. The molecular formula is C16H18FNO3. The van der Waals surface area contributed by atoms with Crippen molar-refractivity contribution in [3.63, 3.8) is 0 Å². The minimum atomic E-state index is -1.09. The molecule has 2 rings (SSSR count). The number of rotatable bonds is 6. The van der Waals surface area contributed by atoms with Gasteiger partial charge in [0, 0.05) is 19.2 Å². The summed E-state index contributed by atoms with van der Waals surface area (Å²) in [4.78, 5) is 24.5. The van der Waals surface area contributed by atoms with Gasteiger partial charge in [-0.1, -0.05) is 6.07 Å². The molecule has 1 aliphatic carbocycles. The van der Waals surface area contributed by atoms with Gasteiger partial charge in [-0.05, 0) is 49.5 Å². The molecule has 0 unspecified atom stereocenters. The van der Waals surface area contributed by atoms with Crippen LogP contribution in [0, 0.1) is 11.7 Å². The van der Waals surface area contributed by atoms with E-state index in [-0.39, 0.29) is 11.5 Å². The average molecular weight is 291 g/mol. The molecule has 0 radical (unpaired) electrons. The lowest BCUT2D eigenvalue weighted by Crippen LogP contribution is -2.33. The number of carbonyl (C=O) groups is 2. The Kier molecular flexibility index (Phi) is 4.73. The Bertz CT molecular complexity index is 579. The number of benzene rings is 1. The van der Waals surface area contributed by atoms with Crippen molar-refractivity contribution in [3.8, 4) is 0 Å². The molecule has 0 bridgehead atoms. The molecule has 1 amide bonds. The van der Waals surface area contributed by atoms with E-state index >= 15 is 0 Å². The third kappa shape index (κ3) is 4.15. The number of hydrogen-bond acceptors (Lipinski definition) is 2. The molecule has 1 N–H and O–H groups in total. The van der Waals surface area contributed by atoms with Crippen LogP contribution in [0.1, 0.15) is 35.7 Å². The Morgan fingerprint density at radius 2 is 2.14 bits per heavy atom. The number of nitrogens with zero attached hydrogens (tertiary/aromatic N) is 1. The van der Waals surface area contributed by atoms with Crippen LogP contribution in [-0.4, -0.2) is 35.0 Å². The first kappa shape index (κ1) is 15.2. The maximum absolute atomic E-state index is 13.9. The lowest BCUT2D eigenvalue weighted by molar-refractivity contribution is -0.131.